The summed E-state index contributed by atoms with van der Waals surface area (Å²) in [6.45, 7) is 3.14. The van der Waals surface area contributed by atoms with E-state index in [2.05, 4.69) is 15.3 Å². The number of aliphatic hydroxyl groups excluding tert-OH is 1. The van der Waals surface area contributed by atoms with Crippen LogP contribution in [0, 0.1) is 0 Å². The average molecular weight is 308 g/mol. The van der Waals surface area contributed by atoms with Gasteiger partial charge in [-0.05, 0) is 12.5 Å². The van der Waals surface area contributed by atoms with Crippen LogP contribution >= 0.6 is 11.6 Å². The van der Waals surface area contributed by atoms with E-state index in [1.165, 1.54) is 0 Å². The molecule has 21 heavy (non-hydrogen) atoms. The van der Waals surface area contributed by atoms with E-state index in [0.29, 0.717) is 36.6 Å². The van der Waals surface area contributed by atoms with E-state index < -0.39 is 6.10 Å². The van der Waals surface area contributed by atoms with Gasteiger partial charge in [-0.1, -0.05) is 41.9 Å². The van der Waals surface area contributed by atoms with Gasteiger partial charge in [0, 0.05) is 19.2 Å². The molecule has 6 heteroatoms. The zero-order chi connectivity index (χ0) is 15.1. The number of rotatable bonds is 7. The summed E-state index contributed by atoms with van der Waals surface area (Å²) >= 11 is 5.95. The highest BCUT2D eigenvalue weighted by Gasteiger charge is 2.08. The topological polar surface area (TPSA) is 67.3 Å². The van der Waals surface area contributed by atoms with Crippen molar-refractivity contribution in [3.05, 3.63) is 52.9 Å². The van der Waals surface area contributed by atoms with Crippen molar-refractivity contribution < 1.29 is 9.84 Å². The predicted octanol–water partition coefficient (Wildman–Crippen LogP) is 2.81. The Balaban J connectivity index is 1.97. The van der Waals surface area contributed by atoms with Gasteiger partial charge in [-0.15, -0.1) is 0 Å². The molecule has 2 aromatic rings. The smallest absolute Gasteiger partial charge is 0.158 e. The molecule has 1 unspecified atom stereocenters. The molecule has 1 atom stereocenters. The molecule has 2 rings (SSSR count). The molecule has 2 N–H and O–H groups in total. The van der Waals surface area contributed by atoms with Crippen molar-refractivity contribution in [3.8, 4) is 0 Å². The summed E-state index contributed by atoms with van der Waals surface area (Å²) in [5.74, 6) is 1.08. The van der Waals surface area contributed by atoms with Gasteiger partial charge in [0.05, 0.1) is 6.10 Å². The van der Waals surface area contributed by atoms with Crippen molar-refractivity contribution in [1.82, 2.24) is 9.97 Å². The fourth-order valence-electron chi connectivity index (χ4n) is 1.81. The fraction of sp³-hybridized carbons (Fsp3) is 0.333. The van der Waals surface area contributed by atoms with Crippen LogP contribution in [-0.4, -0.2) is 28.2 Å². The predicted molar refractivity (Wildman–Crippen MR) is 82.3 cm³/mol. The van der Waals surface area contributed by atoms with Crippen LogP contribution in [0.15, 0.2) is 36.4 Å². The second kappa shape index (κ2) is 7.93. The highest BCUT2D eigenvalue weighted by atomic mass is 35.5. The van der Waals surface area contributed by atoms with Crippen molar-refractivity contribution in [2.75, 3.05) is 18.5 Å². The molecule has 0 amide bonds. The first kappa shape index (κ1) is 15.7. The molecule has 1 aromatic carbocycles. The SMILES string of the molecule is CCOCc1nc(Cl)cc(NCC(O)c2ccccc2)n1. The van der Waals surface area contributed by atoms with Crippen LogP contribution in [0.1, 0.15) is 24.4 Å². The number of aromatic nitrogens is 2. The number of anilines is 1. The van der Waals surface area contributed by atoms with E-state index in [1.807, 2.05) is 37.3 Å². The number of nitrogens with one attached hydrogen (secondary N) is 1. The van der Waals surface area contributed by atoms with E-state index in [-0.39, 0.29) is 0 Å². The minimum atomic E-state index is -0.615. The van der Waals surface area contributed by atoms with Gasteiger partial charge in [-0.3, -0.25) is 0 Å². The van der Waals surface area contributed by atoms with E-state index in [9.17, 15) is 5.11 Å². The van der Waals surface area contributed by atoms with Gasteiger partial charge in [-0.25, -0.2) is 9.97 Å². The number of ether oxygens (including phenoxy) is 1. The molecule has 1 aromatic heterocycles. The molecule has 0 spiro atoms. The Morgan fingerprint density at radius 3 is 2.76 bits per heavy atom. The molecule has 5 nitrogen and oxygen atoms in total. The van der Waals surface area contributed by atoms with Crippen LogP contribution in [0.5, 0.6) is 0 Å². The van der Waals surface area contributed by atoms with Crippen LogP contribution in [0.25, 0.3) is 0 Å². The zero-order valence-corrected chi connectivity index (χ0v) is 12.5. The van der Waals surface area contributed by atoms with E-state index in [0.717, 1.165) is 5.56 Å². The van der Waals surface area contributed by atoms with Gasteiger partial charge in [0.2, 0.25) is 0 Å². The summed E-state index contributed by atoms with van der Waals surface area (Å²) in [5, 5.41) is 13.5. The van der Waals surface area contributed by atoms with Crippen molar-refractivity contribution in [3.63, 3.8) is 0 Å². The minimum Gasteiger partial charge on any atom is -0.387 e. The zero-order valence-electron chi connectivity index (χ0n) is 11.8. The van der Waals surface area contributed by atoms with Crippen molar-refractivity contribution in [2.24, 2.45) is 0 Å². The van der Waals surface area contributed by atoms with Gasteiger partial charge in [-0.2, -0.15) is 0 Å². The molecule has 0 aliphatic carbocycles. The number of hydrogen-bond acceptors (Lipinski definition) is 5. The second-order valence-electron chi connectivity index (χ2n) is 4.44. The Hall–Kier alpha value is -1.69. The van der Waals surface area contributed by atoms with Crippen LogP contribution in [-0.2, 0) is 11.3 Å². The van der Waals surface area contributed by atoms with Gasteiger partial charge in [0.1, 0.15) is 17.6 Å². The highest BCUT2D eigenvalue weighted by Crippen LogP contribution is 2.15. The highest BCUT2D eigenvalue weighted by molar-refractivity contribution is 6.29. The van der Waals surface area contributed by atoms with Gasteiger partial charge >= 0.3 is 0 Å². The second-order valence-corrected chi connectivity index (χ2v) is 4.82. The molecular weight excluding hydrogens is 290 g/mol. The van der Waals surface area contributed by atoms with Crippen molar-refractivity contribution in [1.29, 1.82) is 0 Å². The molecule has 0 bridgehead atoms. The van der Waals surface area contributed by atoms with Crippen LogP contribution in [0.3, 0.4) is 0 Å². The normalized spacial score (nSPS) is 12.1. The summed E-state index contributed by atoms with van der Waals surface area (Å²) in [6.07, 6.45) is -0.615. The third-order valence-corrected chi connectivity index (χ3v) is 3.03. The first-order chi connectivity index (χ1) is 10.2. The monoisotopic (exact) mass is 307 g/mol. The first-order valence-electron chi connectivity index (χ1n) is 6.77. The van der Waals surface area contributed by atoms with Crippen LogP contribution < -0.4 is 5.32 Å². The van der Waals surface area contributed by atoms with E-state index in [4.69, 9.17) is 16.3 Å². The first-order valence-corrected chi connectivity index (χ1v) is 7.15. The lowest BCUT2D eigenvalue weighted by atomic mass is 10.1. The standard InChI is InChI=1S/C15H18ClN3O2/c1-2-21-10-15-18-13(16)8-14(19-15)17-9-12(20)11-6-4-3-5-7-11/h3-8,12,20H,2,9-10H2,1H3,(H,17,18,19). The maximum atomic E-state index is 10.1. The molecule has 0 saturated heterocycles. The summed E-state index contributed by atoms with van der Waals surface area (Å²) in [5.41, 5.74) is 0.847. The fourth-order valence-corrected chi connectivity index (χ4v) is 2.01. The molecule has 1 heterocycles. The Labute approximate surface area is 129 Å². The molecule has 0 aliphatic heterocycles. The lowest BCUT2D eigenvalue weighted by Gasteiger charge is -2.13. The summed E-state index contributed by atoms with van der Waals surface area (Å²) in [4.78, 5) is 8.38. The molecule has 0 radical (unpaired) electrons. The molecule has 0 fully saturated rings. The number of nitrogens with zero attached hydrogens (tertiary/aromatic N) is 2. The van der Waals surface area contributed by atoms with Gasteiger partial charge < -0.3 is 15.2 Å². The van der Waals surface area contributed by atoms with Crippen LogP contribution in [0.4, 0.5) is 5.82 Å². The molecular formula is C15H18ClN3O2. The molecule has 0 aliphatic rings. The van der Waals surface area contributed by atoms with E-state index >= 15 is 0 Å². The maximum Gasteiger partial charge on any atom is 0.158 e. The van der Waals surface area contributed by atoms with Gasteiger partial charge in [0.15, 0.2) is 5.82 Å². The molecule has 112 valence electrons. The van der Waals surface area contributed by atoms with Crippen molar-refractivity contribution >= 4 is 17.4 Å². The summed E-state index contributed by atoms with van der Waals surface area (Å²) in [6, 6.07) is 11.1. The Morgan fingerprint density at radius 1 is 1.29 bits per heavy atom. The van der Waals surface area contributed by atoms with Gasteiger partial charge in [0.25, 0.3) is 0 Å². The Bertz CT molecular complexity index is 566. The number of hydrogen-bond donors (Lipinski definition) is 2. The quantitative estimate of drug-likeness (QED) is 0.770. The minimum absolute atomic E-state index is 0.312. The molecule has 0 saturated carbocycles. The number of benzene rings is 1. The number of halogens is 1. The third kappa shape index (κ3) is 4.97. The van der Waals surface area contributed by atoms with Crippen LogP contribution in [0.2, 0.25) is 5.15 Å². The largest absolute Gasteiger partial charge is 0.387 e. The lowest BCUT2D eigenvalue weighted by Crippen LogP contribution is -2.14. The third-order valence-electron chi connectivity index (χ3n) is 2.84. The van der Waals surface area contributed by atoms with E-state index in [1.54, 1.807) is 6.07 Å². The Kier molecular flexibility index (Phi) is 5.92. The Morgan fingerprint density at radius 2 is 2.05 bits per heavy atom. The average Bonchev–Trinajstić information content (AvgIpc) is 2.51. The summed E-state index contributed by atoms with van der Waals surface area (Å²) in [7, 11) is 0. The van der Waals surface area contributed by atoms with Crippen molar-refractivity contribution in [2.45, 2.75) is 19.6 Å². The maximum absolute atomic E-state index is 10.1. The lowest BCUT2D eigenvalue weighted by molar-refractivity contribution is 0.128. The summed E-state index contributed by atoms with van der Waals surface area (Å²) < 4.78 is 5.26. The number of aliphatic hydroxyl groups is 1.